The van der Waals surface area contributed by atoms with Gasteiger partial charge in [0.05, 0.1) is 0 Å². The van der Waals surface area contributed by atoms with Crippen LogP contribution in [0.5, 0.6) is 0 Å². The number of hydrogen-bond donors (Lipinski definition) is 0. The SMILES string of the molecule is [SeH]C(CC1CS1)C1C[Se]C[Se]C1C([SeH])CC1CS1. The van der Waals surface area contributed by atoms with Gasteiger partial charge in [-0.15, -0.1) is 0 Å². The average Bonchev–Trinajstić information content (AvgIpc) is 3.25. The summed E-state index contributed by atoms with van der Waals surface area (Å²) in [7, 11) is 0. The van der Waals surface area contributed by atoms with E-state index in [0.717, 1.165) is 60.8 Å². The van der Waals surface area contributed by atoms with Gasteiger partial charge in [-0.3, -0.25) is 0 Å². The third kappa shape index (κ3) is 4.64. The Morgan fingerprint density at radius 1 is 1.06 bits per heavy atom. The van der Waals surface area contributed by atoms with Gasteiger partial charge in [0, 0.05) is 0 Å². The van der Waals surface area contributed by atoms with Crippen LogP contribution in [0.15, 0.2) is 0 Å². The van der Waals surface area contributed by atoms with Crippen molar-refractivity contribution < 1.29 is 0 Å². The van der Waals surface area contributed by atoms with Gasteiger partial charge in [-0.25, -0.2) is 0 Å². The second kappa shape index (κ2) is 7.36. The summed E-state index contributed by atoms with van der Waals surface area (Å²) in [5, 5.41) is 3.65. The van der Waals surface area contributed by atoms with E-state index in [4.69, 9.17) is 0 Å². The zero-order chi connectivity index (χ0) is 12.5. The first kappa shape index (κ1) is 15.7. The molecular weight excluding hydrogens is 524 g/mol. The molecule has 0 radical (unpaired) electrons. The Hall–Kier alpha value is 2.78. The summed E-state index contributed by atoms with van der Waals surface area (Å²) < 4.78 is 1.62. The fourth-order valence-corrected chi connectivity index (χ4v) is 17.2. The van der Waals surface area contributed by atoms with Crippen molar-refractivity contribution in [2.75, 3.05) is 11.5 Å². The molecule has 0 bridgehead atoms. The molecule has 0 spiro atoms. The summed E-state index contributed by atoms with van der Waals surface area (Å²) in [5.41, 5.74) is 0. The minimum absolute atomic E-state index is 0.949. The van der Waals surface area contributed by atoms with Crippen molar-refractivity contribution in [3.8, 4) is 0 Å². The van der Waals surface area contributed by atoms with Crippen LogP contribution in [-0.2, 0) is 0 Å². The molecule has 3 rings (SSSR count). The molecule has 0 aromatic rings. The molecule has 0 saturated carbocycles. The van der Waals surface area contributed by atoms with Crippen LogP contribution in [0.3, 0.4) is 0 Å². The Bertz CT molecular complexity index is 255. The van der Waals surface area contributed by atoms with Crippen LogP contribution in [0.25, 0.3) is 0 Å². The second-order valence-corrected chi connectivity index (χ2v) is 17.2. The molecule has 3 aliphatic rings. The fourth-order valence-electron chi connectivity index (χ4n) is 2.51. The quantitative estimate of drug-likeness (QED) is 0.371. The monoisotopic (exact) mass is 548 g/mol. The Kier molecular flexibility index (Phi) is 6.41. The standard InChI is InChI=1S/C12H20S2Se4/c15-10(1-7-3-13-7)9-5-17-6-18-12(9)11(16)2-8-4-14-8/h7-12,15-16H,1-6H2. The minimum atomic E-state index is 0.949. The van der Waals surface area contributed by atoms with Crippen molar-refractivity contribution in [2.45, 2.75) is 47.3 Å². The topological polar surface area (TPSA) is 0 Å². The van der Waals surface area contributed by atoms with Crippen molar-refractivity contribution >= 4 is 85.5 Å². The zero-order valence-electron chi connectivity index (χ0n) is 10.2. The average molecular weight is 544 g/mol. The van der Waals surface area contributed by atoms with Gasteiger partial charge in [0.2, 0.25) is 0 Å². The van der Waals surface area contributed by atoms with Crippen molar-refractivity contribution in [1.29, 1.82) is 0 Å². The van der Waals surface area contributed by atoms with Crippen LogP contribution >= 0.6 is 23.5 Å². The molecule has 0 N–H and O–H groups in total. The maximum absolute atomic E-state index is 3.07. The molecular formula is C12H20S2Se4. The summed E-state index contributed by atoms with van der Waals surface area (Å²) in [5.74, 6) is 3.97. The number of hydrogen-bond acceptors (Lipinski definition) is 2. The van der Waals surface area contributed by atoms with Crippen LogP contribution in [0.1, 0.15) is 12.8 Å². The van der Waals surface area contributed by atoms with Crippen LogP contribution in [0.4, 0.5) is 0 Å². The molecule has 3 aliphatic heterocycles. The summed E-state index contributed by atoms with van der Waals surface area (Å²) >= 11 is 12.4. The predicted molar refractivity (Wildman–Crippen MR) is 91.9 cm³/mol. The van der Waals surface area contributed by atoms with Crippen molar-refractivity contribution in [2.24, 2.45) is 5.92 Å². The van der Waals surface area contributed by atoms with Crippen LogP contribution in [-0.4, -0.2) is 83.9 Å². The van der Waals surface area contributed by atoms with Gasteiger partial charge >= 0.3 is 150 Å². The molecule has 3 fully saturated rings. The molecule has 3 saturated heterocycles. The van der Waals surface area contributed by atoms with Gasteiger partial charge in [-0.05, 0) is 0 Å². The molecule has 6 heteroatoms. The third-order valence-corrected chi connectivity index (χ3v) is 16.6. The molecule has 6 atom stereocenters. The fraction of sp³-hybridized carbons (Fsp3) is 1.00. The molecule has 3 heterocycles. The summed E-state index contributed by atoms with van der Waals surface area (Å²) in [6.07, 6.45) is 2.99. The van der Waals surface area contributed by atoms with Crippen molar-refractivity contribution in [3.05, 3.63) is 0 Å². The van der Waals surface area contributed by atoms with Gasteiger partial charge in [-0.2, -0.15) is 0 Å². The molecule has 0 aromatic carbocycles. The second-order valence-electron chi connectivity index (χ2n) is 5.30. The first-order chi connectivity index (χ1) is 8.74. The van der Waals surface area contributed by atoms with Crippen LogP contribution in [0.2, 0.25) is 24.0 Å². The van der Waals surface area contributed by atoms with E-state index in [1.54, 1.807) is 9.54 Å². The summed E-state index contributed by atoms with van der Waals surface area (Å²) in [4.78, 5) is 2.99. The molecule has 0 amide bonds. The number of rotatable bonds is 6. The van der Waals surface area contributed by atoms with E-state index in [1.165, 1.54) is 24.3 Å². The Labute approximate surface area is 148 Å². The van der Waals surface area contributed by atoms with E-state index in [9.17, 15) is 0 Å². The van der Waals surface area contributed by atoms with Gasteiger partial charge < -0.3 is 0 Å². The van der Waals surface area contributed by atoms with Gasteiger partial charge in [0.15, 0.2) is 0 Å². The molecule has 0 aromatic heterocycles. The van der Waals surface area contributed by atoms with Crippen LogP contribution < -0.4 is 0 Å². The molecule has 6 unspecified atom stereocenters. The van der Waals surface area contributed by atoms with E-state index in [1.807, 2.05) is 0 Å². The third-order valence-electron chi connectivity index (χ3n) is 3.76. The van der Waals surface area contributed by atoms with Gasteiger partial charge in [-0.1, -0.05) is 0 Å². The van der Waals surface area contributed by atoms with E-state index < -0.39 is 0 Å². The molecule has 0 aliphatic carbocycles. The van der Waals surface area contributed by atoms with E-state index in [-0.39, 0.29) is 0 Å². The normalized spacial score (nSPS) is 42.3. The molecule has 0 nitrogen and oxygen atoms in total. The maximum atomic E-state index is 3.07. The Morgan fingerprint density at radius 2 is 1.67 bits per heavy atom. The number of thioether (sulfide) groups is 2. The summed E-state index contributed by atoms with van der Waals surface area (Å²) in [6.45, 7) is 0. The van der Waals surface area contributed by atoms with E-state index in [2.05, 4.69) is 55.5 Å². The summed E-state index contributed by atoms with van der Waals surface area (Å²) in [6, 6.07) is 0. The van der Waals surface area contributed by atoms with Crippen molar-refractivity contribution in [1.82, 2.24) is 0 Å². The Balaban J connectivity index is 1.56. The van der Waals surface area contributed by atoms with Crippen molar-refractivity contribution in [3.63, 3.8) is 0 Å². The van der Waals surface area contributed by atoms with Gasteiger partial charge in [0.1, 0.15) is 0 Å². The zero-order valence-corrected chi connectivity index (χ0v) is 19.0. The molecule has 18 heavy (non-hydrogen) atoms. The van der Waals surface area contributed by atoms with Crippen LogP contribution in [0, 0.1) is 5.92 Å². The van der Waals surface area contributed by atoms with E-state index in [0.29, 0.717) is 0 Å². The predicted octanol–water partition coefficient (Wildman–Crippen LogP) is 2.00. The van der Waals surface area contributed by atoms with E-state index >= 15 is 0 Å². The molecule has 104 valence electrons. The first-order valence-electron chi connectivity index (χ1n) is 6.52. The van der Waals surface area contributed by atoms with Gasteiger partial charge in [0.25, 0.3) is 0 Å². The first-order valence-corrected chi connectivity index (χ1v) is 15.4. The Morgan fingerprint density at radius 3 is 2.28 bits per heavy atom.